The molecule has 182 valence electrons. The van der Waals surface area contributed by atoms with Crippen molar-refractivity contribution in [2.24, 2.45) is 10.1 Å². The van der Waals surface area contributed by atoms with Crippen LogP contribution in [0.3, 0.4) is 0 Å². The van der Waals surface area contributed by atoms with E-state index < -0.39 is 32.4 Å². The normalized spacial score (nSPS) is 11.3. The fourth-order valence-electron chi connectivity index (χ4n) is 3.02. The second-order valence-electron chi connectivity index (χ2n) is 6.91. The van der Waals surface area contributed by atoms with E-state index in [-0.39, 0.29) is 120 Å². The number of aliphatic imine (C=N–C) groups is 1. The summed E-state index contributed by atoms with van der Waals surface area (Å²) in [5, 5.41) is 29.5. The minimum atomic E-state index is -4.66. The summed E-state index contributed by atoms with van der Waals surface area (Å²) >= 11 is 0. The van der Waals surface area contributed by atoms with Crippen LogP contribution in [0.5, 0.6) is 5.75 Å². The molecule has 0 aliphatic heterocycles. The average Bonchev–Trinajstić information content (AvgIpc) is 2.83. The van der Waals surface area contributed by atoms with Gasteiger partial charge in [-0.25, -0.2) is 0 Å². The smallest absolute Gasteiger partial charge is 0.858 e. The molecule has 0 aliphatic rings. The third kappa shape index (κ3) is 9.23. The zero-order valence-corrected chi connectivity index (χ0v) is 27.6. The molecule has 0 saturated heterocycles. The number of hydrogen-bond donors (Lipinski definition) is 2. The minimum Gasteiger partial charge on any atom is -0.858 e. The summed E-state index contributed by atoms with van der Waals surface area (Å²) < 4.78 is 37.5. The zero-order chi connectivity index (χ0) is 25.6. The molecule has 0 unspecified atom stereocenters. The molecule has 0 fully saturated rings. The molecule has 0 atom stereocenters. The number of hydrazone groups is 1. The van der Waals surface area contributed by atoms with Crippen LogP contribution in [0.4, 0.5) is 17.1 Å². The molecular weight excluding hydrogens is 555 g/mol. The summed E-state index contributed by atoms with van der Waals surface area (Å²) in [4.78, 5) is 15.1. The summed E-state index contributed by atoms with van der Waals surface area (Å²) in [5.41, 5.74) is 3.08. The molecule has 0 amide bonds. The van der Waals surface area contributed by atoms with Gasteiger partial charge >= 0.3 is 103 Å². The van der Waals surface area contributed by atoms with E-state index in [2.05, 4.69) is 15.5 Å². The van der Waals surface area contributed by atoms with Crippen molar-refractivity contribution in [3.05, 3.63) is 77.9 Å². The van der Waals surface area contributed by atoms with Crippen LogP contribution in [0.25, 0.3) is 0 Å². The van der Waals surface area contributed by atoms with Gasteiger partial charge in [-0.1, -0.05) is 24.3 Å². The summed E-state index contributed by atoms with van der Waals surface area (Å²) in [7, 11) is -3.26. The molecule has 0 heterocycles. The SMILES string of the molecule is CC=NN(Nc1cc(C([O-])=Nc2ccccc2)ccc1OC)c1ccc(S(=O)(=O)O)cc1C(=O)[O-].[K+].[K+]. The number of carboxylic acid groups (broad SMARTS) is 1. The Morgan fingerprint density at radius 2 is 1.73 bits per heavy atom. The third-order valence-corrected chi connectivity index (χ3v) is 5.45. The molecule has 0 aliphatic carbocycles. The predicted octanol–water partition coefficient (Wildman–Crippen LogP) is -4.41. The number of methoxy groups -OCH3 is 1. The molecule has 0 radical (unpaired) electrons. The van der Waals surface area contributed by atoms with E-state index >= 15 is 0 Å². The van der Waals surface area contributed by atoms with Crippen molar-refractivity contribution in [2.45, 2.75) is 11.8 Å². The number of hydrogen-bond acceptors (Lipinski definition) is 10. The van der Waals surface area contributed by atoms with Gasteiger partial charge in [-0.15, -0.1) is 0 Å². The number of para-hydroxylation sites is 1. The standard InChI is InChI=1S/C23H22N4O7S.2K/c1-3-24-27(20-11-10-17(35(31,32)33)14-18(20)23(29)30)26-19-13-15(9-12-21(19)34-2)22(28)25-16-7-5-4-6-8-16;;/h3-14,26H,1-2H3,(H,25,28)(H,29,30)(H,31,32,33);;/q;2*+1/p-2. The second kappa shape index (κ2) is 15.4. The number of carbonyl (C=O) groups is 1. The Morgan fingerprint density at radius 3 is 2.30 bits per heavy atom. The van der Waals surface area contributed by atoms with E-state index in [0.29, 0.717) is 11.4 Å². The predicted molar refractivity (Wildman–Crippen MR) is 126 cm³/mol. The molecule has 11 nitrogen and oxygen atoms in total. The number of nitrogens with zero attached hydrogens (tertiary/aromatic N) is 3. The van der Waals surface area contributed by atoms with Crippen LogP contribution in [-0.4, -0.2) is 38.2 Å². The van der Waals surface area contributed by atoms with Gasteiger partial charge in [0.15, 0.2) is 0 Å². The number of rotatable bonds is 9. The summed E-state index contributed by atoms with van der Waals surface area (Å²) in [5.74, 6) is -1.94. The first kappa shape index (κ1) is 33.9. The van der Waals surface area contributed by atoms with Crippen LogP contribution in [0.1, 0.15) is 22.8 Å². The second-order valence-corrected chi connectivity index (χ2v) is 8.33. The van der Waals surface area contributed by atoms with Gasteiger partial charge in [0.05, 0.1) is 35.0 Å². The number of aromatic carboxylic acids is 1. The van der Waals surface area contributed by atoms with Gasteiger partial charge in [0.2, 0.25) is 0 Å². The van der Waals surface area contributed by atoms with Crippen LogP contribution < -0.4 is 128 Å². The Kier molecular flexibility index (Phi) is 14.1. The Balaban J connectivity index is 0.00000342. The quantitative estimate of drug-likeness (QED) is 0.0843. The first-order valence-corrected chi connectivity index (χ1v) is 11.5. The van der Waals surface area contributed by atoms with Crippen LogP contribution in [0, 0.1) is 0 Å². The number of hydrazine groups is 1. The minimum absolute atomic E-state index is 0. The van der Waals surface area contributed by atoms with Crippen molar-refractivity contribution in [2.75, 3.05) is 17.7 Å². The Labute approximate surface area is 299 Å². The Hall–Kier alpha value is -1.15. The molecule has 3 rings (SSSR count). The Bertz CT molecular complexity index is 1400. The number of carboxylic acids is 1. The van der Waals surface area contributed by atoms with Crippen molar-refractivity contribution in [1.82, 2.24) is 0 Å². The van der Waals surface area contributed by atoms with Gasteiger partial charge in [0, 0.05) is 11.8 Å². The molecule has 0 spiro atoms. The first-order chi connectivity index (χ1) is 16.6. The molecule has 37 heavy (non-hydrogen) atoms. The summed E-state index contributed by atoms with van der Waals surface area (Å²) in [6.45, 7) is 1.57. The van der Waals surface area contributed by atoms with Crippen molar-refractivity contribution < 1.29 is 135 Å². The maximum absolute atomic E-state index is 12.7. The number of benzene rings is 3. The van der Waals surface area contributed by atoms with E-state index in [0.717, 1.165) is 23.3 Å². The maximum Gasteiger partial charge on any atom is 1.00 e. The third-order valence-electron chi connectivity index (χ3n) is 4.60. The van der Waals surface area contributed by atoms with Crippen LogP contribution in [0.15, 0.2) is 81.7 Å². The van der Waals surface area contributed by atoms with Crippen LogP contribution >= 0.6 is 0 Å². The van der Waals surface area contributed by atoms with Gasteiger partial charge in [0.1, 0.15) is 5.75 Å². The van der Waals surface area contributed by atoms with Gasteiger partial charge < -0.3 is 19.7 Å². The molecule has 0 aromatic heterocycles. The monoisotopic (exact) mass is 574 g/mol. The molecule has 0 bridgehead atoms. The van der Waals surface area contributed by atoms with E-state index in [4.69, 9.17) is 4.74 Å². The van der Waals surface area contributed by atoms with E-state index in [1.807, 2.05) is 0 Å². The van der Waals surface area contributed by atoms with E-state index in [1.165, 1.54) is 31.5 Å². The van der Waals surface area contributed by atoms with E-state index in [1.54, 1.807) is 37.3 Å². The molecule has 0 saturated carbocycles. The molecule has 3 aromatic carbocycles. The fraction of sp³-hybridized carbons (Fsp3) is 0.0870. The fourth-order valence-corrected chi connectivity index (χ4v) is 3.52. The number of nitrogens with one attached hydrogen (secondary N) is 1. The van der Waals surface area contributed by atoms with Crippen molar-refractivity contribution in [1.29, 1.82) is 0 Å². The summed E-state index contributed by atoms with van der Waals surface area (Å²) in [6, 6.07) is 16.0. The van der Waals surface area contributed by atoms with Gasteiger partial charge in [-0.3, -0.25) is 15.0 Å². The van der Waals surface area contributed by atoms with Crippen molar-refractivity contribution in [3.8, 4) is 5.75 Å². The van der Waals surface area contributed by atoms with Gasteiger partial charge in [-0.05, 0) is 60.8 Å². The van der Waals surface area contributed by atoms with Crippen LogP contribution in [-0.2, 0) is 10.1 Å². The maximum atomic E-state index is 12.7. The van der Waals surface area contributed by atoms with Gasteiger partial charge in [-0.2, -0.15) is 18.6 Å². The first-order valence-electron chi connectivity index (χ1n) is 10.0. The number of ether oxygens (including phenoxy) is 1. The number of carbonyl (C=O) groups excluding carboxylic acids is 1. The largest absolute Gasteiger partial charge is 1.00 e. The van der Waals surface area contributed by atoms with Crippen molar-refractivity contribution in [3.63, 3.8) is 0 Å². The topological polar surface area (TPSA) is 167 Å². The molecule has 3 aromatic rings. The van der Waals surface area contributed by atoms with E-state index in [9.17, 15) is 28.0 Å². The average molecular weight is 575 g/mol. The Morgan fingerprint density at radius 1 is 1.05 bits per heavy atom. The van der Waals surface area contributed by atoms with Crippen molar-refractivity contribution >= 4 is 45.3 Å². The number of anilines is 2. The van der Waals surface area contributed by atoms with Gasteiger partial charge in [0.25, 0.3) is 10.1 Å². The molecular formula is C23H20K2N4O7S. The zero-order valence-electron chi connectivity index (χ0n) is 20.6. The molecule has 2 N–H and O–H groups in total. The summed E-state index contributed by atoms with van der Waals surface area (Å²) in [6.07, 6.45) is 1.34. The molecule has 14 heteroatoms. The van der Waals surface area contributed by atoms with Crippen LogP contribution in [0.2, 0.25) is 0 Å².